The van der Waals surface area contributed by atoms with Crippen LogP contribution >= 0.6 is 0 Å². The Kier molecular flexibility index (Phi) is 7.04. The molecular formula is C57H38O. The Morgan fingerprint density at radius 3 is 1.60 bits per heavy atom. The summed E-state index contributed by atoms with van der Waals surface area (Å²) in [6.07, 6.45) is 0. The molecule has 0 spiro atoms. The Balaban J connectivity index is 0.964. The van der Waals surface area contributed by atoms with E-state index >= 15 is 0 Å². The van der Waals surface area contributed by atoms with Gasteiger partial charge < -0.3 is 4.42 Å². The number of furan rings is 1. The van der Waals surface area contributed by atoms with Gasteiger partial charge in [-0.1, -0.05) is 178 Å². The second-order valence-electron chi connectivity index (χ2n) is 16.4. The number of benzene rings is 10. The van der Waals surface area contributed by atoms with Crippen molar-refractivity contribution in [3.63, 3.8) is 0 Å². The highest BCUT2D eigenvalue weighted by atomic mass is 16.3. The molecule has 0 saturated heterocycles. The number of rotatable bonds is 4. The average Bonchev–Trinajstić information content (AvgIpc) is 3.76. The van der Waals surface area contributed by atoms with Crippen molar-refractivity contribution in [2.45, 2.75) is 19.3 Å². The van der Waals surface area contributed by atoms with Crippen LogP contribution < -0.4 is 0 Å². The van der Waals surface area contributed by atoms with Gasteiger partial charge in [0.2, 0.25) is 0 Å². The predicted molar refractivity (Wildman–Crippen MR) is 246 cm³/mol. The summed E-state index contributed by atoms with van der Waals surface area (Å²) < 4.78 is 6.16. The van der Waals surface area contributed by atoms with Gasteiger partial charge in [0.1, 0.15) is 11.2 Å². The average molecular weight is 739 g/mol. The molecule has 0 saturated carbocycles. The Morgan fingerprint density at radius 2 is 0.862 bits per heavy atom. The zero-order valence-electron chi connectivity index (χ0n) is 32.4. The summed E-state index contributed by atoms with van der Waals surface area (Å²) in [5, 5.41) is 9.95. The summed E-state index contributed by atoms with van der Waals surface area (Å²) in [5.74, 6) is 0. The molecule has 1 aromatic heterocycles. The van der Waals surface area contributed by atoms with E-state index in [1.54, 1.807) is 0 Å². The Bertz CT molecular complexity index is 3410. The molecule has 0 atom stereocenters. The highest BCUT2D eigenvalue weighted by molar-refractivity contribution is 6.21. The minimum Gasteiger partial charge on any atom is -0.456 e. The van der Waals surface area contributed by atoms with Crippen LogP contribution in [-0.4, -0.2) is 0 Å². The van der Waals surface area contributed by atoms with E-state index in [0.717, 1.165) is 21.9 Å². The maximum Gasteiger partial charge on any atom is 0.135 e. The molecule has 1 heterocycles. The summed E-state index contributed by atoms with van der Waals surface area (Å²) in [6, 6.07) is 71.5. The molecule has 1 aliphatic rings. The van der Waals surface area contributed by atoms with Crippen molar-refractivity contribution in [3.8, 4) is 55.6 Å². The minimum absolute atomic E-state index is 0.0621. The van der Waals surface area contributed by atoms with Gasteiger partial charge in [-0.25, -0.2) is 0 Å². The SMILES string of the molecule is CC1(C)c2ccc(-c3ccc(-c4c5ccccc5c(-c5cccc(-c6ccc7oc8ccccc8c7c6)c5)c5ccccc45)cc3)cc2-c2ccc3ccccc3c21. The van der Waals surface area contributed by atoms with Crippen molar-refractivity contribution in [2.75, 3.05) is 0 Å². The first-order valence-corrected chi connectivity index (χ1v) is 20.2. The molecule has 0 amide bonds. The summed E-state index contributed by atoms with van der Waals surface area (Å²) in [7, 11) is 0. The van der Waals surface area contributed by atoms with E-state index in [9.17, 15) is 0 Å². The number of para-hydroxylation sites is 1. The Morgan fingerprint density at radius 1 is 0.328 bits per heavy atom. The molecule has 1 heteroatoms. The first-order chi connectivity index (χ1) is 28.5. The second-order valence-corrected chi connectivity index (χ2v) is 16.4. The van der Waals surface area contributed by atoms with Crippen LogP contribution in [0, 0.1) is 0 Å². The first kappa shape index (κ1) is 33.0. The van der Waals surface area contributed by atoms with Gasteiger partial charge in [0.05, 0.1) is 0 Å². The molecule has 58 heavy (non-hydrogen) atoms. The molecule has 1 aliphatic carbocycles. The second kappa shape index (κ2) is 12.4. The largest absolute Gasteiger partial charge is 0.456 e. The molecule has 11 aromatic rings. The number of hydrogen-bond donors (Lipinski definition) is 0. The normalized spacial score (nSPS) is 13.1. The lowest BCUT2D eigenvalue weighted by molar-refractivity contribution is 0.666. The van der Waals surface area contributed by atoms with Crippen LogP contribution in [0.25, 0.3) is 110 Å². The van der Waals surface area contributed by atoms with Crippen molar-refractivity contribution in [1.82, 2.24) is 0 Å². The molecule has 0 aliphatic heterocycles. The molecule has 0 N–H and O–H groups in total. The molecule has 1 nitrogen and oxygen atoms in total. The predicted octanol–water partition coefficient (Wildman–Crippen LogP) is 16.0. The Hall–Kier alpha value is -7.22. The lowest BCUT2D eigenvalue weighted by Gasteiger charge is -2.23. The zero-order valence-corrected chi connectivity index (χ0v) is 32.4. The van der Waals surface area contributed by atoms with E-state index in [-0.39, 0.29) is 5.41 Å². The third-order valence-electron chi connectivity index (χ3n) is 12.8. The van der Waals surface area contributed by atoms with Gasteiger partial charge in [-0.15, -0.1) is 0 Å². The van der Waals surface area contributed by atoms with E-state index in [1.165, 1.54) is 99.1 Å². The van der Waals surface area contributed by atoms with Gasteiger partial charge in [-0.05, 0) is 129 Å². The molecule has 0 bridgehead atoms. The molecule has 12 rings (SSSR count). The van der Waals surface area contributed by atoms with Crippen LogP contribution in [0.1, 0.15) is 25.0 Å². The highest BCUT2D eigenvalue weighted by Gasteiger charge is 2.37. The number of hydrogen-bond acceptors (Lipinski definition) is 1. The quantitative estimate of drug-likeness (QED) is 0.164. The van der Waals surface area contributed by atoms with Crippen LogP contribution in [-0.2, 0) is 5.41 Å². The third-order valence-corrected chi connectivity index (χ3v) is 12.8. The molecule has 0 unspecified atom stereocenters. The van der Waals surface area contributed by atoms with Crippen molar-refractivity contribution in [2.24, 2.45) is 0 Å². The molecule has 10 aromatic carbocycles. The van der Waals surface area contributed by atoms with Crippen LogP contribution in [0.3, 0.4) is 0 Å². The fourth-order valence-corrected chi connectivity index (χ4v) is 10.1. The van der Waals surface area contributed by atoms with Gasteiger partial charge in [0, 0.05) is 16.2 Å². The standard InChI is InChI=1S/C57H38O/c1-57(2)51-30-27-39(33-49(51)48-29-26-36-12-3-4-15-42(36)56(48)57)35-22-24-37(25-23-35)54-44-17-5-7-19-46(44)55(47-20-8-6-18-45(47)54)41-14-11-13-38(32-41)40-28-31-53-50(34-40)43-16-9-10-21-52(43)58-53/h3-34H,1-2H3. The van der Waals surface area contributed by atoms with E-state index in [2.05, 4.69) is 196 Å². The fourth-order valence-electron chi connectivity index (χ4n) is 10.1. The van der Waals surface area contributed by atoms with E-state index in [0.29, 0.717) is 0 Å². The van der Waals surface area contributed by atoms with Crippen molar-refractivity contribution < 1.29 is 4.42 Å². The monoisotopic (exact) mass is 738 g/mol. The van der Waals surface area contributed by atoms with Crippen LogP contribution in [0.5, 0.6) is 0 Å². The lowest BCUT2D eigenvalue weighted by Crippen LogP contribution is -2.15. The minimum atomic E-state index is -0.0621. The van der Waals surface area contributed by atoms with Gasteiger partial charge in [-0.2, -0.15) is 0 Å². The fraction of sp³-hybridized carbons (Fsp3) is 0.0526. The van der Waals surface area contributed by atoms with Crippen molar-refractivity contribution >= 4 is 54.3 Å². The van der Waals surface area contributed by atoms with Crippen molar-refractivity contribution in [3.05, 3.63) is 205 Å². The maximum atomic E-state index is 6.16. The third kappa shape index (κ3) is 4.83. The smallest absolute Gasteiger partial charge is 0.135 e. The van der Waals surface area contributed by atoms with Crippen LogP contribution in [0.2, 0.25) is 0 Å². The van der Waals surface area contributed by atoms with E-state index in [4.69, 9.17) is 4.42 Å². The van der Waals surface area contributed by atoms with E-state index in [1.807, 2.05) is 12.1 Å². The maximum absolute atomic E-state index is 6.16. The van der Waals surface area contributed by atoms with Crippen molar-refractivity contribution in [1.29, 1.82) is 0 Å². The van der Waals surface area contributed by atoms with Gasteiger partial charge in [-0.3, -0.25) is 0 Å². The first-order valence-electron chi connectivity index (χ1n) is 20.2. The highest BCUT2D eigenvalue weighted by Crippen LogP contribution is 2.52. The van der Waals surface area contributed by atoms with Gasteiger partial charge in [0.25, 0.3) is 0 Å². The Labute approximate surface area is 337 Å². The summed E-state index contributed by atoms with van der Waals surface area (Å²) in [6.45, 7) is 4.75. The van der Waals surface area contributed by atoms with Crippen LogP contribution in [0.4, 0.5) is 0 Å². The lowest BCUT2D eigenvalue weighted by atomic mass is 9.80. The van der Waals surface area contributed by atoms with E-state index < -0.39 is 0 Å². The van der Waals surface area contributed by atoms with Crippen LogP contribution in [0.15, 0.2) is 199 Å². The van der Waals surface area contributed by atoms with Gasteiger partial charge >= 0.3 is 0 Å². The molecule has 272 valence electrons. The molecule has 0 radical (unpaired) electrons. The van der Waals surface area contributed by atoms with Gasteiger partial charge in [0.15, 0.2) is 0 Å². The summed E-state index contributed by atoms with van der Waals surface area (Å²) in [4.78, 5) is 0. The number of fused-ring (bicyclic) bond motifs is 10. The summed E-state index contributed by atoms with van der Waals surface area (Å²) >= 11 is 0. The topological polar surface area (TPSA) is 13.1 Å². The molecule has 0 fully saturated rings. The summed E-state index contributed by atoms with van der Waals surface area (Å²) in [5.41, 5.74) is 17.1. The zero-order chi connectivity index (χ0) is 38.5. The molecular weight excluding hydrogens is 701 g/mol.